The van der Waals surface area contributed by atoms with Crippen LogP contribution >= 0.6 is 23.1 Å². The summed E-state index contributed by atoms with van der Waals surface area (Å²) in [6.07, 6.45) is 2.40. The molecule has 12 heteroatoms. The van der Waals surface area contributed by atoms with Crippen molar-refractivity contribution in [1.29, 1.82) is 0 Å². The molecule has 40 heavy (non-hydrogen) atoms. The van der Waals surface area contributed by atoms with Crippen molar-refractivity contribution in [1.82, 2.24) is 15.7 Å². The van der Waals surface area contributed by atoms with Crippen molar-refractivity contribution in [2.45, 2.75) is 74.9 Å². The van der Waals surface area contributed by atoms with Crippen LogP contribution in [0, 0.1) is 6.92 Å². The number of rotatable bonds is 13. The van der Waals surface area contributed by atoms with Gasteiger partial charge in [0.25, 0.3) is 0 Å². The molecule has 2 aromatic carbocycles. The lowest BCUT2D eigenvalue weighted by atomic mass is 10.0. The summed E-state index contributed by atoms with van der Waals surface area (Å²) in [7, 11) is 0. The van der Waals surface area contributed by atoms with Crippen LogP contribution < -0.4 is 10.8 Å². The zero-order valence-electron chi connectivity index (χ0n) is 22.2. The Kier molecular flexibility index (Phi) is 11.5. The molecule has 0 bridgehead atoms. The first-order chi connectivity index (χ1) is 19.4. The Hall–Kier alpha value is -2.87. The van der Waals surface area contributed by atoms with E-state index in [4.69, 9.17) is 14.7 Å². The summed E-state index contributed by atoms with van der Waals surface area (Å²) >= 11 is 3.18. The first-order valence-electron chi connectivity index (χ1n) is 13.2. The number of benzene rings is 2. The number of carbonyl (C=O) groups is 2. The number of unbranched alkanes of at least 4 members (excludes halogenated alkanes) is 2. The average Bonchev–Trinajstić information content (AvgIpc) is 3.41. The van der Waals surface area contributed by atoms with Crippen molar-refractivity contribution in [2.24, 2.45) is 0 Å². The van der Waals surface area contributed by atoms with Gasteiger partial charge in [-0.2, -0.15) is 0 Å². The van der Waals surface area contributed by atoms with Crippen LogP contribution in [0.5, 0.6) is 0 Å². The number of carbonyl (C=O) groups excluding carboxylic acids is 2. The molecule has 1 fully saturated rings. The molecule has 3 atom stereocenters. The lowest BCUT2D eigenvalue weighted by molar-refractivity contribution is -0.245. The molecule has 10 nitrogen and oxygen atoms in total. The molecule has 0 saturated carbocycles. The van der Waals surface area contributed by atoms with Gasteiger partial charge in [0.1, 0.15) is 5.01 Å². The third-order valence-corrected chi connectivity index (χ3v) is 8.52. The number of aryl methyl sites for hydroxylation is 1. The maximum Gasteiger partial charge on any atom is 0.243 e. The van der Waals surface area contributed by atoms with E-state index in [0.29, 0.717) is 37.1 Å². The summed E-state index contributed by atoms with van der Waals surface area (Å²) < 4.78 is 13.7. The van der Waals surface area contributed by atoms with Crippen molar-refractivity contribution in [3.8, 4) is 0 Å². The van der Waals surface area contributed by atoms with Crippen molar-refractivity contribution in [2.75, 3.05) is 11.1 Å². The van der Waals surface area contributed by atoms with Crippen LogP contribution in [0.25, 0.3) is 0 Å². The van der Waals surface area contributed by atoms with Gasteiger partial charge in [-0.25, -0.2) is 5.48 Å². The van der Waals surface area contributed by atoms with Gasteiger partial charge in [0.2, 0.25) is 11.8 Å². The second kappa shape index (κ2) is 15.2. The number of hydrogen-bond donors (Lipinski definition) is 4. The van der Waals surface area contributed by atoms with Crippen LogP contribution in [0.15, 0.2) is 52.9 Å². The highest BCUT2D eigenvalue weighted by Crippen LogP contribution is 2.39. The summed E-state index contributed by atoms with van der Waals surface area (Å²) in [5.41, 5.74) is 5.00. The second-order valence-electron chi connectivity index (χ2n) is 9.51. The van der Waals surface area contributed by atoms with Crippen LogP contribution in [0.2, 0.25) is 0 Å². The molecule has 1 saturated heterocycles. The highest BCUT2D eigenvalue weighted by molar-refractivity contribution is 8.01. The third kappa shape index (κ3) is 9.08. The molecule has 0 aliphatic carbocycles. The second-order valence-corrected chi connectivity index (χ2v) is 12.0. The van der Waals surface area contributed by atoms with Crippen LogP contribution in [0.1, 0.15) is 72.6 Å². The fourth-order valence-electron chi connectivity index (χ4n) is 4.27. The van der Waals surface area contributed by atoms with Gasteiger partial charge in [0.05, 0.1) is 18.8 Å². The van der Waals surface area contributed by atoms with Crippen LogP contribution in [0.3, 0.4) is 0 Å². The van der Waals surface area contributed by atoms with Gasteiger partial charge in [-0.3, -0.25) is 14.8 Å². The topological polar surface area (TPSA) is 143 Å². The standard InChI is InChI=1S/C28H34N4O6S2/c1-18-30-31-28(40-18)39-17-23-15-24(20-9-7-19(16-33)8-10-20)38-27(37-23)21-11-13-22(14-12-21)29-25(34)5-3-2-4-6-26(35)32-36/h7-14,23-24,27,33,36H,2-6,15-17H2,1H3,(H,29,34)(H,32,35)/t23-,24+,27+/m0/s1. The Balaban J connectivity index is 1.36. The van der Waals surface area contributed by atoms with E-state index < -0.39 is 12.2 Å². The first kappa shape index (κ1) is 30.1. The van der Waals surface area contributed by atoms with Gasteiger partial charge in [0.15, 0.2) is 10.6 Å². The number of aromatic nitrogens is 2. The van der Waals surface area contributed by atoms with E-state index in [1.165, 1.54) is 0 Å². The van der Waals surface area contributed by atoms with Crippen molar-refractivity contribution < 1.29 is 29.4 Å². The SMILES string of the molecule is Cc1nnc(SC[C@@H]2C[C@H](c3ccc(CO)cc3)O[C@H](c3ccc(NC(=O)CCCCCC(=O)NO)cc3)O2)s1. The Morgan fingerprint density at radius 3 is 2.33 bits per heavy atom. The molecule has 3 aromatic rings. The van der Waals surface area contributed by atoms with E-state index in [1.807, 2.05) is 55.5 Å². The molecule has 4 N–H and O–H groups in total. The van der Waals surface area contributed by atoms with E-state index in [1.54, 1.807) is 28.6 Å². The van der Waals surface area contributed by atoms with Crippen LogP contribution in [-0.4, -0.2) is 44.2 Å². The quantitative estimate of drug-likeness (QED) is 0.0934. The smallest absolute Gasteiger partial charge is 0.243 e. The minimum atomic E-state index is -0.584. The lowest BCUT2D eigenvalue weighted by Crippen LogP contribution is -2.31. The lowest BCUT2D eigenvalue weighted by Gasteiger charge is -2.36. The largest absolute Gasteiger partial charge is 0.392 e. The van der Waals surface area contributed by atoms with Crippen molar-refractivity contribution >= 4 is 40.6 Å². The molecule has 0 unspecified atom stereocenters. The summed E-state index contributed by atoms with van der Waals surface area (Å²) in [5.74, 6) is 0.191. The first-order valence-corrected chi connectivity index (χ1v) is 15.0. The summed E-state index contributed by atoms with van der Waals surface area (Å²) in [5, 5.41) is 30.1. The fraction of sp³-hybridized carbons (Fsp3) is 0.429. The number of amides is 2. The Morgan fingerprint density at radius 1 is 0.975 bits per heavy atom. The number of anilines is 1. The van der Waals surface area contributed by atoms with Gasteiger partial charge in [0, 0.05) is 36.3 Å². The normalized spacial score (nSPS) is 18.8. The zero-order valence-corrected chi connectivity index (χ0v) is 23.9. The molecule has 0 spiro atoms. The molecule has 214 valence electrons. The number of aliphatic hydroxyl groups is 1. The van der Waals surface area contributed by atoms with Gasteiger partial charge in [-0.05, 0) is 43.0 Å². The molecule has 1 aromatic heterocycles. The summed E-state index contributed by atoms with van der Waals surface area (Å²) in [6.45, 7) is 1.92. The number of ether oxygens (including phenoxy) is 2. The Labute approximate surface area is 241 Å². The van der Waals surface area contributed by atoms with Gasteiger partial charge in [-0.1, -0.05) is 65.9 Å². The Morgan fingerprint density at radius 2 is 1.68 bits per heavy atom. The number of aliphatic hydroxyl groups excluding tert-OH is 1. The van der Waals surface area contributed by atoms with E-state index in [0.717, 1.165) is 32.5 Å². The predicted molar refractivity (Wildman–Crippen MR) is 152 cm³/mol. The average molecular weight is 587 g/mol. The molecule has 2 heterocycles. The maximum absolute atomic E-state index is 12.3. The van der Waals surface area contributed by atoms with E-state index >= 15 is 0 Å². The van der Waals surface area contributed by atoms with E-state index in [2.05, 4.69) is 15.5 Å². The van der Waals surface area contributed by atoms with Crippen molar-refractivity contribution in [3.63, 3.8) is 0 Å². The molecule has 1 aliphatic rings. The molecule has 2 amide bonds. The van der Waals surface area contributed by atoms with E-state index in [9.17, 15) is 14.7 Å². The highest BCUT2D eigenvalue weighted by atomic mass is 32.2. The molecule has 0 radical (unpaired) electrons. The zero-order chi connectivity index (χ0) is 28.3. The minimum Gasteiger partial charge on any atom is -0.392 e. The predicted octanol–water partition coefficient (Wildman–Crippen LogP) is 5.07. The van der Waals surface area contributed by atoms with Crippen LogP contribution in [-0.2, 0) is 25.7 Å². The number of nitrogens with one attached hydrogen (secondary N) is 2. The number of nitrogens with zero attached hydrogens (tertiary/aromatic N) is 2. The minimum absolute atomic E-state index is 0.00961. The molecular weight excluding hydrogens is 552 g/mol. The number of hydrogen-bond acceptors (Lipinski definition) is 10. The summed E-state index contributed by atoms with van der Waals surface area (Å²) in [4.78, 5) is 23.4. The van der Waals surface area contributed by atoms with Gasteiger partial charge in [-0.15, -0.1) is 10.2 Å². The number of thioether (sulfide) groups is 1. The number of hydroxylamine groups is 1. The maximum atomic E-state index is 12.3. The molecular formula is C28H34N4O6S2. The van der Waals surface area contributed by atoms with Gasteiger partial charge >= 0.3 is 0 Å². The molecule has 4 rings (SSSR count). The summed E-state index contributed by atoms with van der Waals surface area (Å²) in [6, 6.07) is 15.2. The fourth-order valence-corrected chi connectivity index (χ4v) is 6.13. The van der Waals surface area contributed by atoms with E-state index in [-0.39, 0.29) is 31.1 Å². The van der Waals surface area contributed by atoms with Gasteiger partial charge < -0.3 is 19.9 Å². The van der Waals surface area contributed by atoms with Crippen LogP contribution in [0.4, 0.5) is 5.69 Å². The van der Waals surface area contributed by atoms with Crippen molar-refractivity contribution in [3.05, 3.63) is 70.2 Å². The molecule has 1 aliphatic heterocycles. The Bertz CT molecular complexity index is 1240. The monoisotopic (exact) mass is 586 g/mol. The highest BCUT2D eigenvalue weighted by Gasteiger charge is 2.32. The third-order valence-electron chi connectivity index (χ3n) is 6.41.